The van der Waals surface area contributed by atoms with E-state index in [2.05, 4.69) is 0 Å². The van der Waals surface area contributed by atoms with Crippen LogP contribution in [-0.2, 0) is 0 Å². The zero-order valence-corrected chi connectivity index (χ0v) is 15.3. The first-order valence-electron chi connectivity index (χ1n) is 7.49. The molecule has 3 rings (SSSR count). The summed E-state index contributed by atoms with van der Waals surface area (Å²) in [6, 6.07) is 17.7. The van der Waals surface area contributed by atoms with Crippen molar-refractivity contribution in [3.05, 3.63) is 94.1 Å². The van der Waals surface area contributed by atoms with Gasteiger partial charge in [-0.05, 0) is 28.2 Å². The highest BCUT2D eigenvalue weighted by molar-refractivity contribution is 14.1. The quantitative estimate of drug-likeness (QED) is 0.277. The van der Waals surface area contributed by atoms with Gasteiger partial charge in [-0.2, -0.15) is 18.4 Å². The molecule has 130 valence electrons. The molecule has 0 aromatic heterocycles. The maximum Gasteiger partial charge on any atom is 0.426 e. The number of nitriles is 1. The summed E-state index contributed by atoms with van der Waals surface area (Å²) in [5.41, 5.74) is -0.929. The van der Waals surface area contributed by atoms with E-state index in [1.165, 1.54) is 18.2 Å². The third-order valence-corrected chi connectivity index (χ3v) is 4.99. The fourth-order valence-corrected chi connectivity index (χ4v) is 3.49. The molecule has 0 aliphatic heterocycles. The Morgan fingerprint density at radius 1 is 0.808 bits per heavy atom. The van der Waals surface area contributed by atoms with Crippen molar-refractivity contribution in [1.29, 1.82) is 5.26 Å². The second kappa shape index (κ2) is 7.08. The first kappa shape index (κ1) is 18.4. The zero-order valence-electron chi connectivity index (χ0n) is 13.1. The minimum absolute atomic E-state index is 0.132. The van der Waals surface area contributed by atoms with Gasteiger partial charge in [-0.25, -0.2) is 4.39 Å². The van der Waals surface area contributed by atoms with Crippen LogP contribution in [0.4, 0.5) is 17.6 Å². The summed E-state index contributed by atoms with van der Waals surface area (Å²) in [5, 5.41) is 9.01. The molecule has 6 heteroatoms. The highest BCUT2D eigenvalue weighted by Crippen LogP contribution is 2.57. The van der Waals surface area contributed by atoms with Crippen LogP contribution in [0.25, 0.3) is 9.41 Å². The molecule has 0 spiro atoms. The Balaban J connectivity index is 2.29. The van der Waals surface area contributed by atoms with Gasteiger partial charge in [-0.3, -0.25) is 0 Å². The van der Waals surface area contributed by atoms with E-state index in [1.807, 2.05) is 22.6 Å². The van der Waals surface area contributed by atoms with Crippen LogP contribution < -0.4 is 0 Å². The predicted octanol–water partition coefficient (Wildman–Crippen LogP) is 6.61. The molecule has 2 aromatic carbocycles. The van der Waals surface area contributed by atoms with Gasteiger partial charge in [0.05, 0.1) is 0 Å². The first-order valence-corrected chi connectivity index (χ1v) is 8.57. The van der Waals surface area contributed by atoms with Crippen molar-refractivity contribution in [3.8, 4) is 6.07 Å². The second-order valence-electron chi connectivity index (χ2n) is 5.47. The molecule has 0 heterocycles. The van der Waals surface area contributed by atoms with Crippen molar-refractivity contribution in [2.24, 2.45) is 0 Å². The highest BCUT2D eigenvalue weighted by Gasteiger charge is 2.48. The van der Waals surface area contributed by atoms with E-state index in [0.717, 1.165) is 0 Å². The second-order valence-corrected chi connectivity index (χ2v) is 6.55. The fourth-order valence-electron chi connectivity index (χ4n) is 2.60. The van der Waals surface area contributed by atoms with E-state index in [9.17, 15) is 17.6 Å². The smallest absolute Gasteiger partial charge is 0.206 e. The minimum Gasteiger partial charge on any atom is -0.206 e. The largest absolute Gasteiger partial charge is 0.426 e. The number of rotatable bonds is 2. The number of allylic oxidation sites excluding steroid dienone is 4. The molecule has 2 aromatic rings. The van der Waals surface area contributed by atoms with Gasteiger partial charge in [-0.1, -0.05) is 60.7 Å². The summed E-state index contributed by atoms with van der Waals surface area (Å²) in [6.07, 6.45) is -4.85. The lowest BCUT2D eigenvalue weighted by Crippen LogP contribution is -2.10. The lowest BCUT2D eigenvalue weighted by atomic mass is 10.1. The molecule has 0 saturated heterocycles. The Bertz CT molecular complexity index is 914. The summed E-state index contributed by atoms with van der Waals surface area (Å²) in [7, 11) is 0. The molecular formula is C20H10F4IN. The number of hydrogen-bond donors (Lipinski definition) is 0. The Hall–Kier alpha value is -2.40. The topological polar surface area (TPSA) is 23.8 Å². The van der Waals surface area contributed by atoms with Crippen molar-refractivity contribution in [2.75, 3.05) is 0 Å². The number of hydrogen-bond acceptors (Lipinski definition) is 1. The maximum atomic E-state index is 14.9. The SMILES string of the molecule is N#C/C(=C1/C(=C(F)c2ccccc2)/C1=C(/I)c1ccccc1)C(F)(F)F. The van der Waals surface area contributed by atoms with E-state index in [1.54, 1.807) is 48.5 Å². The van der Waals surface area contributed by atoms with Crippen LogP contribution in [0.1, 0.15) is 11.1 Å². The van der Waals surface area contributed by atoms with Crippen LogP contribution in [-0.4, -0.2) is 6.18 Å². The van der Waals surface area contributed by atoms with Crippen LogP contribution >= 0.6 is 22.6 Å². The molecule has 0 radical (unpaired) electrons. The van der Waals surface area contributed by atoms with Crippen LogP contribution in [0.15, 0.2) is 83.0 Å². The summed E-state index contributed by atoms with van der Waals surface area (Å²) >= 11 is 1.89. The van der Waals surface area contributed by atoms with Gasteiger partial charge >= 0.3 is 6.18 Å². The number of halogens is 5. The zero-order chi connectivity index (χ0) is 18.9. The Labute approximate surface area is 161 Å². The summed E-state index contributed by atoms with van der Waals surface area (Å²) in [5.74, 6) is -0.766. The van der Waals surface area contributed by atoms with Gasteiger partial charge in [0.1, 0.15) is 17.5 Å². The molecule has 1 saturated carbocycles. The van der Waals surface area contributed by atoms with Gasteiger partial charge in [0.25, 0.3) is 0 Å². The van der Waals surface area contributed by atoms with Gasteiger partial charge in [0, 0.05) is 25.9 Å². The molecular weight excluding hydrogens is 457 g/mol. The van der Waals surface area contributed by atoms with E-state index >= 15 is 0 Å². The van der Waals surface area contributed by atoms with Gasteiger partial charge in [0.2, 0.25) is 0 Å². The molecule has 0 amide bonds. The monoisotopic (exact) mass is 467 g/mol. The van der Waals surface area contributed by atoms with Crippen LogP contribution in [0.3, 0.4) is 0 Å². The van der Waals surface area contributed by atoms with Crippen molar-refractivity contribution < 1.29 is 17.6 Å². The molecule has 0 bridgehead atoms. The predicted molar refractivity (Wildman–Crippen MR) is 101 cm³/mol. The highest BCUT2D eigenvalue weighted by atomic mass is 127. The molecule has 0 atom stereocenters. The van der Waals surface area contributed by atoms with Gasteiger partial charge < -0.3 is 0 Å². The average molecular weight is 467 g/mol. The summed E-state index contributed by atoms with van der Waals surface area (Å²) in [6.45, 7) is 0. The van der Waals surface area contributed by atoms with E-state index in [4.69, 9.17) is 5.26 Å². The lowest BCUT2D eigenvalue weighted by Gasteiger charge is -2.02. The molecule has 1 aliphatic rings. The van der Waals surface area contributed by atoms with Crippen LogP contribution in [0.5, 0.6) is 0 Å². The molecule has 1 aliphatic carbocycles. The molecule has 26 heavy (non-hydrogen) atoms. The number of alkyl halides is 3. The Kier molecular flexibility index (Phi) is 5.01. The molecule has 0 unspecified atom stereocenters. The number of nitrogens with zero attached hydrogens (tertiary/aromatic N) is 1. The fraction of sp³-hybridized carbons (Fsp3) is 0.0500. The Morgan fingerprint density at radius 3 is 1.77 bits per heavy atom. The lowest BCUT2D eigenvalue weighted by molar-refractivity contribution is -0.0875. The van der Waals surface area contributed by atoms with E-state index in [0.29, 0.717) is 9.14 Å². The standard InChI is InChI=1S/C20H10F4IN/c21-18(12-7-3-1-4-8-12)16-15(14(11-26)20(22,23)24)17(16)19(25)13-9-5-2-6-10-13/h1-10H/b15-14+,18-16?,19-17+. The van der Waals surface area contributed by atoms with Gasteiger partial charge in [0.15, 0.2) is 0 Å². The first-order chi connectivity index (χ1) is 12.4. The van der Waals surface area contributed by atoms with E-state index in [-0.39, 0.29) is 22.3 Å². The summed E-state index contributed by atoms with van der Waals surface area (Å²) < 4.78 is 55.1. The normalized spacial score (nSPS) is 19.5. The van der Waals surface area contributed by atoms with Crippen molar-refractivity contribution in [1.82, 2.24) is 0 Å². The van der Waals surface area contributed by atoms with Crippen LogP contribution in [0.2, 0.25) is 0 Å². The third kappa shape index (κ3) is 3.44. The van der Waals surface area contributed by atoms with Crippen molar-refractivity contribution >= 4 is 32.0 Å². The third-order valence-electron chi connectivity index (χ3n) is 3.83. The summed E-state index contributed by atoms with van der Waals surface area (Å²) in [4.78, 5) is 0. The minimum atomic E-state index is -4.85. The van der Waals surface area contributed by atoms with Crippen molar-refractivity contribution in [2.45, 2.75) is 6.18 Å². The maximum absolute atomic E-state index is 14.9. The van der Waals surface area contributed by atoms with E-state index < -0.39 is 17.6 Å². The average Bonchev–Trinajstić information content (AvgIpc) is 3.36. The Morgan fingerprint density at radius 2 is 1.31 bits per heavy atom. The van der Waals surface area contributed by atoms with Crippen LogP contribution in [0, 0.1) is 11.3 Å². The molecule has 0 N–H and O–H groups in total. The van der Waals surface area contributed by atoms with Crippen molar-refractivity contribution in [3.63, 3.8) is 0 Å². The number of benzene rings is 2. The van der Waals surface area contributed by atoms with Gasteiger partial charge in [-0.15, -0.1) is 0 Å². The molecule has 1 fully saturated rings. The molecule has 1 nitrogen and oxygen atoms in total.